The van der Waals surface area contributed by atoms with Gasteiger partial charge in [0.1, 0.15) is 16.2 Å². The van der Waals surface area contributed by atoms with Crippen LogP contribution in [0.4, 0.5) is 5.69 Å². The molecule has 25 heavy (non-hydrogen) atoms. The maximum absolute atomic E-state index is 12.7. The van der Waals surface area contributed by atoms with E-state index in [0.29, 0.717) is 10.7 Å². The summed E-state index contributed by atoms with van der Waals surface area (Å²) in [6.45, 7) is 0. The molecule has 130 valence electrons. The molecule has 0 bridgehead atoms. The van der Waals surface area contributed by atoms with Gasteiger partial charge in [-0.3, -0.25) is 4.72 Å². The number of anilines is 1. The highest BCUT2D eigenvalue weighted by Gasteiger charge is 2.21. The Morgan fingerprint density at radius 2 is 1.80 bits per heavy atom. The van der Waals surface area contributed by atoms with Gasteiger partial charge < -0.3 is 4.42 Å². The zero-order valence-corrected chi connectivity index (χ0v) is 15.5. The fourth-order valence-electron chi connectivity index (χ4n) is 3.22. The average molecular weight is 396 g/mol. The Morgan fingerprint density at radius 3 is 2.64 bits per heavy atom. The van der Waals surface area contributed by atoms with Crippen LogP contribution in [0, 0.1) is 0 Å². The number of fused-ring (bicyclic) bond motifs is 3. The number of hydrogen-bond acceptors (Lipinski definition) is 3. The third kappa shape index (κ3) is 3.12. The molecule has 0 fully saturated rings. The minimum atomic E-state index is -3.84. The molecule has 1 aromatic heterocycles. The molecule has 4 rings (SSSR count). The van der Waals surface area contributed by atoms with Crippen molar-refractivity contribution in [3.05, 3.63) is 57.8 Å². The Balaban J connectivity index is 1.74. The van der Waals surface area contributed by atoms with Crippen LogP contribution in [-0.4, -0.2) is 8.42 Å². The molecular weight excluding hydrogens is 381 g/mol. The number of benzene rings is 2. The smallest absolute Gasteiger partial charge is 0.263 e. The van der Waals surface area contributed by atoms with Crippen LogP contribution in [-0.2, 0) is 22.9 Å². The summed E-state index contributed by atoms with van der Waals surface area (Å²) in [5.74, 6) is 1.01. The third-order valence-corrected chi connectivity index (χ3v) is 6.49. The van der Waals surface area contributed by atoms with E-state index in [1.807, 2.05) is 6.07 Å². The molecule has 0 radical (unpaired) electrons. The summed E-state index contributed by atoms with van der Waals surface area (Å²) in [5.41, 5.74) is 2.44. The van der Waals surface area contributed by atoms with Crippen molar-refractivity contribution >= 4 is 49.9 Å². The van der Waals surface area contributed by atoms with E-state index in [4.69, 9.17) is 27.6 Å². The molecule has 0 spiro atoms. The van der Waals surface area contributed by atoms with Crippen LogP contribution < -0.4 is 4.72 Å². The second kappa shape index (κ2) is 6.24. The van der Waals surface area contributed by atoms with Crippen LogP contribution in [0.15, 0.2) is 45.7 Å². The second-order valence-electron chi connectivity index (χ2n) is 6.10. The number of hydrogen-bond donors (Lipinski definition) is 1. The van der Waals surface area contributed by atoms with Gasteiger partial charge in [-0.15, -0.1) is 0 Å². The zero-order chi connectivity index (χ0) is 17.6. The molecule has 0 unspecified atom stereocenters. The molecule has 0 amide bonds. The van der Waals surface area contributed by atoms with E-state index in [1.54, 1.807) is 18.2 Å². The molecule has 0 saturated carbocycles. The fourth-order valence-corrected chi connectivity index (χ4v) is 5.03. The molecule has 4 nitrogen and oxygen atoms in total. The number of nitrogens with one attached hydrogen (secondary N) is 1. The highest BCUT2D eigenvalue weighted by Crippen LogP contribution is 2.34. The average Bonchev–Trinajstić information content (AvgIpc) is 2.95. The molecule has 3 aromatic rings. The molecular formula is C18H15Cl2NO3S. The summed E-state index contributed by atoms with van der Waals surface area (Å²) in [6, 6.07) is 9.66. The van der Waals surface area contributed by atoms with E-state index >= 15 is 0 Å². The summed E-state index contributed by atoms with van der Waals surface area (Å²) in [4.78, 5) is -0.0454. The standard InChI is InChI=1S/C18H15Cl2NO3S/c19-11-5-7-15(20)18(9-11)25(22,23)21-12-6-8-17-14(10-12)13-3-1-2-4-16(13)24-17/h5-10,21H,1-4H2. The molecule has 0 atom stereocenters. The van der Waals surface area contributed by atoms with Gasteiger partial charge in [0.25, 0.3) is 10.0 Å². The first-order valence-electron chi connectivity index (χ1n) is 7.96. The molecule has 2 aromatic carbocycles. The van der Waals surface area contributed by atoms with Gasteiger partial charge >= 0.3 is 0 Å². The van der Waals surface area contributed by atoms with Crippen molar-refractivity contribution in [2.75, 3.05) is 4.72 Å². The Hall–Kier alpha value is -1.69. The van der Waals surface area contributed by atoms with Gasteiger partial charge in [-0.25, -0.2) is 8.42 Å². The quantitative estimate of drug-likeness (QED) is 0.643. The lowest BCUT2D eigenvalue weighted by atomic mass is 9.96. The van der Waals surface area contributed by atoms with E-state index in [-0.39, 0.29) is 9.92 Å². The molecule has 1 heterocycles. The molecule has 0 aliphatic heterocycles. The normalized spacial score (nSPS) is 14.5. The first-order valence-corrected chi connectivity index (χ1v) is 10.2. The maximum Gasteiger partial charge on any atom is 0.263 e. The highest BCUT2D eigenvalue weighted by atomic mass is 35.5. The minimum Gasteiger partial charge on any atom is -0.461 e. The topological polar surface area (TPSA) is 59.3 Å². The van der Waals surface area contributed by atoms with Gasteiger partial charge in [0, 0.05) is 28.1 Å². The Bertz CT molecular complexity index is 1070. The lowest BCUT2D eigenvalue weighted by molar-refractivity contribution is 0.506. The van der Waals surface area contributed by atoms with Gasteiger partial charge in [-0.2, -0.15) is 0 Å². The van der Waals surface area contributed by atoms with E-state index in [1.165, 1.54) is 17.7 Å². The van der Waals surface area contributed by atoms with E-state index in [2.05, 4.69) is 4.72 Å². The SMILES string of the molecule is O=S(=O)(Nc1ccc2oc3c(c2c1)CCCC3)c1cc(Cl)ccc1Cl. The van der Waals surface area contributed by atoms with Crippen molar-refractivity contribution in [1.29, 1.82) is 0 Å². The van der Waals surface area contributed by atoms with Crippen LogP contribution in [0.5, 0.6) is 0 Å². The van der Waals surface area contributed by atoms with Gasteiger partial charge in [-0.05, 0) is 55.7 Å². The molecule has 1 aliphatic carbocycles. The monoisotopic (exact) mass is 395 g/mol. The van der Waals surface area contributed by atoms with Crippen LogP contribution >= 0.6 is 23.2 Å². The predicted molar refractivity (Wildman–Crippen MR) is 100 cm³/mol. The van der Waals surface area contributed by atoms with Crippen LogP contribution in [0.2, 0.25) is 10.0 Å². The highest BCUT2D eigenvalue weighted by molar-refractivity contribution is 7.92. The Morgan fingerprint density at radius 1 is 1.00 bits per heavy atom. The minimum absolute atomic E-state index is 0.0454. The largest absolute Gasteiger partial charge is 0.461 e. The number of rotatable bonds is 3. The number of aryl methyl sites for hydroxylation is 2. The van der Waals surface area contributed by atoms with Crippen molar-refractivity contribution in [1.82, 2.24) is 0 Å². The van der Waals surface area contributed by atoms with E-state index in [0.717, 1.165) is 42.4 Å². The van der Waals surface area contributed by atoms with Crippen molar-refractivity contribution in [3.63, 3.8) is 0 Å². The van der Waals surface area contributed by atoms with Crippen molar-refractivity contribution in [3.8, 4) is 0 Å². The van der Waals surface area contributed by atoms with Gasteiger partial charge in [-0.1, -0.05) is 23.2 Å². The van der Waals surface area contributed by atoms with Crippen LogP contribution in [0.1, 0.15) is 24.2 Å². The fraction of sp³-hybridized carbons (Fsp3) is 0.222. The van der Waals surface area contributed by atoms with Gasteiger partial charge in [0.2, 0.25) is 0 Å². The lowest BCUT2D eigenvalue weighted by Crippen LogP contribution is -2.13. The Kier molecular flexibility index (Phi) is 4.18. The summed E-state index contributed by atoms with van der Waals surface area (Å²) in [6.07, 6.45) is 4.14. The first-order chi connectivity index (χ1) is 11.9. The van der Waals surface area contributed by atoms with Crippen LogP contribution in [0.3, 0.4) is 0 Å². The predicted octanol–water partition coefficient (Wildman–Crippen LogP) is 5.42. The van der Waals surface area contributed by atoms with Crippen LogP contribution in [0.25, 0.3) is 11.0 Å². The summed E-state index contributed by atoms with van der Waals surface area (Å²) in [7, 11) is -3.84. The molecule has 1 N–H and O–H groups in total. The maximum atomic E-state index is 12.7. The number of halogens is 2. The van der Waals surface area contributed by atoms with Gasteiger partial charge in [0.05, 0.1) is 5.02 Å². The number of furan rings is 1. The summed E-state index contributed by atoms with van der Waals surface area (Å²) >= 11 is 11.9. The van der Waals surface area contributed by atoms with Crippen molar-refractivity contribution in [2.24, 2.45) is 0 Å². The lowest BCUT2D eigenvalue weighted by Gasteiger charge is -2.11. The molecule has 7 heteroatoms. The first kappa shape index (κ1) is 16.8. The van der Waals surface area contributed by atoms with E-state index < -0.39 is 10.0 Å². The van der Waals surface area contributed by atoms with Crippen molar-refractivity contribution < 1.29 is 12.8 Å². The van der Waals surface area contributed by atoms with E-state index in [9.17, 15) is 8.42 Å². The molecule has 0 saturated heterocycles. The zero-order valence-electron chi connectivity index (χ0n) is 13.2. The second-order valence-corrected chi connectivity index (χ2v) is 8.60. The van der Waals surface area contributed by atoms with Gasteiger partial charge in [0.15, 0.2) is 0 Å². The Labute approximate surface area is 155 Å². The summed E-state index contributed by atoms with van der Waals surface area (Å²) in [5, 5.41) is 1.40. The third-order valence-electron chi connectivity index (χ3n) is 4.39. The summed E-state index contributed by atoms with van der Waals surface area (Å²) < 4.78 is 33.8. The van der Waals surface area contributed by atoms with Crippen molar-refractivity contribution in [2.45, 2.75) is 30.6 Å². The molecule has 1 aliphatic rings. The number of sulfonamides is 1.